The normalized spacial score (nSPS) is 20.8. The predicted molar refractivity (Wildman–Crippen MR) is 113 cm³/mol. The molecule has 0 heteroatoms. The molecule has 0 spiro atoms. The molecule has 0 aromatic heterocycles. The van der Waals surface area contributed by atoms with Gasteiger partial charge in [0.15, 0.2) is 0 Å². The summed E-state index contributed by atoms with van der Waals surface area (Å²) in [6, 6.07) is 0. The van der Waals surface area contributed by atoms with Gasteiger partial charge in [0.25, 0.3) is 0 Å². The fourth-order valence-corrected chi connectivity index (χ4v) is 4.45. The second-order valence-corrected chi connectivity index (χ2v) is 8.94. The third-order valence-corrected chi connectivity index (χ3v) is 6.20. The van der Waals surface area contributed by atoms with Gasteiger partial charge in [-0.25, -0.2) is 0 Å². The molecule has 0 N–H and O–H groups in total. The van der Waals surface area contributed by atoms with E-state index in [-0.39, 0.29) is 0 Å². The molecule has 0 nitrogen and oxygen atoms in total. The van der Waals surface area contributed by atoms with Gasteiger partial charge in [-0.3, -0.25) is 0 Å². The van der Waals surface area contributed by atoms with Gasteiger partial charge in [0.05, 0.1) is 0 Å². The molecule has 0 aromatic carbocycles. The predicted octanol–water partition coefficient (Wildman–Crippen LogP) is 9.18. The first-order chi connectivity index (χ1) is 11.5. The SMILES string of the molecule is CC1CCC(C)C1.CCCCC(CCCC)(CCCC)CCCC. The molecule has 0 aliphatic heterocycles. The average Bonchev–Trinajstić information content (AvgIpc) is 2.97. The number of rotatable bonds is 12. The minimum Gasteiger partial charge on any atom is -0.0654 e. The molecule has 0 saturated heterocycles. The molecule has 0 heterocycles. The largest absolute Gasteiger partial charge is 0.0654 e. The van der Waals surface area contributed by atoms with Crippen LogP contribution in [-0.2, 0) is 0 Å². The Hall–Kier alpha value is 0. The molecule has 1 rings (SSSR count). The monoisotopic (exact) mass is 338 g/mol. The Morgan fingerprint density at radius 1 is 0.583 bits per heavy atom. The second kappa shape index (κ2) is 15.3. The lowest BCUT2D eigenvalue weighted by molar-refractivity contribution is 0.177. The van der Waals surface area contributed by atoms with Crippen LogP contribution in [0.5, 0.6) is 0 Å². The summed E-state index contributed by atoms with van der Waals surface area (Å²) >= 11 is 0. The Balaban J connectivity index is 0.000000620. The summed E-state index contributed by atoms with van der Waals surface area (Å²) in [5.41, 5.74) is 0.706. The maximum Gasteiger partial charge on any atom is -0.0297 e. The number of hydrogen-bond acceptors (Lipinski definition) is 0. The molecule has 0 radical (unpaired) electrons. The van der Waals surface area contributed by atoms with Crippen LogP contribution in [0, 0.1) is 17.3 Å². The first kappa shape index (κ1) is 24.0. The van der Waals surface area contributed by atoms with Crippen molar-refractivity contribution in [3.63, 3.8) is 0 Å². The molecule has 146 valence electrons. The van der Waals surface area contributed by atoms with E-state index < -0.39 is 0 Å². The maximum absolute atomic E-state index is 2.35. The molecule has 1 fully saturated rings. The standard InChI is InChI=1S/C17H36.C7H14/c1-5-9-13-17(14-10-6-2,15-11-7-3)16-12-8-4;1-6-3-4-7(2)5-6/h5-16H2,1-4H3;6-7H,3-5H2,1-2H3. The molecule has 24 heavy (non-hydrogen) atoms. The van der Waals surface area contributed by atoms with Crippen molar-refractivity contribution in [3.8, 4) is 0 Å². The van der Waals surface area contributed by atoms with Gasteiger partial charge in [0, 0.05) is 0 Å². The van der Waals surface area contributed by atoms with Gasteiger partial charge < -0.3 is 0 Å². The van der Waals surface area contributed by atoms with Crippen molar-refractivity contribution in [2.75, 3.05) is 0 Å². The van der Waals surface area contributed by atoms with Crippen molar-refractivity contribution >= 4 is 0 Å². The van der Waals surface area contributed by atoms with Crippen LogP contribution in [0.25, 0.3) is 0 Å². The van der Waals surface area contributed by atoms with Crippen LogP contribution in [0.4, 0.5) is 0 Å². The zero-order valence-corrected chi connectivity index (χ0v) is 18.3. The highest BCUT2D eigenvalue weighted by Crippen LogP contribution is 2.41. The molecular weight excluding hydrogens is 288 g/mol. The molecule has 0 aromatic rings. The lowest BCUT2D eigenvalue weighted by Gasteiger charge is -2.34. The smallest absolute Gasteiger partial charge is 0.0297 e. The van der Waals surface area contributed by atoms with E-state index in [0.29, 0.717) is 5.41 Å². The molecular formula is C24H50. The third-order valence-electron chi connectivity index (χ3n) is 6.20. The van der Waals surface area contributed by atoms with E-state index in [4.69, 9.17) is 0 Å². The molecule has 1 saturated carbocycles. The Morgan fingerprint density at radius 2 is 0.875 bits per heavy atom. The third kappa shape index (κ3) is 11.5. The zero-order chi connectivity index (χ0) is 18.3. The average molecular weight is 339 g/mol. The van der Waals surface area contributed by atoms with Crippen molar-refractivity contribution in [2.45, 2.75) is 138 Å². The summed E-state index contributed by atoms with van der Waals surface area (Å²) < 4.78 is 0. The van der Waals surface area contributed by atoms with Crippen molar-refractivity contribution < 1.29 is 0 Å². The minimum atomic E-state index is 0.706. The first-order valence-electron chi connectivity index (χ1n) is 11.5. The molecule has 2 unspecified atom stereocenters. The molecule has 1 aliphatic rings. The van der Waals surface area contributed by atoms with Gasteiger partial charge in [0.2, 0.25) is 0 Å². The summed E-state index contributed by atoms with van der Waals surface area (Å²) in [4.78, 5) is 0. The van der Waals surface area contributed by atoms with Crippen LogP contribution < -0.4 is 0 Å². The fraction of sp³-hybridized carbons (Fsp3) is 1.00. The maximum atomic E-state index is 2.35. The molecule has 2 atom stereocenters. The van der Waals surface area contributed by atoms with Crippen molar-refractivity contribution in [3.05, 3.63) is 0 Å². The van der Waals surface area contributed by atoms with E-state index in [9.17, 15) is 0 Å². The van der Waals surface area contributed by atoms with Gasteiger partial charge in [-0.1, -0.05) is 106 Å². The Bertz CT molecular complexity index is 209. The summed E-state index contributed by atoms with van der Waals surface area (Å²) in [6.45, 7) is 14.1. The Labute approximate surface area is 155 Å². The highest BCUT2D eigenvalue weighted by atomic mass is 14.3. The van der Waals surface area contributed by atoms with Crippen molar-refractivity contribution in [2.24, 2.45) is 17.3 Å². The van der Waals surface area contributed by atoms with E-state index in [0.717, 1.165) is 11.8 Å². The Kier molecular flexibility index (Phi) is 15.3. The van der Waals surface area contributed by atoms with Crippen LogP contribution in [0.2, 0.25) is 0 Å². The van der Waals surface area contributed by atoms with E-state index in [1.807, 2.05) is 0 Å². The van der Waals surface area contributed by atoms with Crippen LogP contribution in [-0.4, -0.2) is 0 Å². The summed E-state index contributed by atoms with van der Waals surface area (Å²) in [5.74, 6) is 2.05. The topological polar surface area (TPSA) is 0 Å². The lowest BCUT2D eigenvalue weighted by Crippen LogP contribution is -2.21. The quantitative estimate of drug-likeness (QED) is 0.332. The van der Waals surface area contributed by atoms with Gasteiger partial charge in [-0.05, 0) is 49.4 Å². The van der Waals surface area contributed by atoms with Gasteiger partial charge in [-0.15, -0.1) is 0 Å². The lowest BCUT2D eigenvalue weighted by atomic mass is 9.71. The fourth-order valence-electron chi connectivity index (χ4n) is 4.45. The summed E-state index contributed by atoms with van der Waals surface area (Å²) in [7, 11) is 0. The molecule has 0 bridgehead atoms. The second-order valence-electron chi connectivity index (χ2n) is 8.94. The van der Waals surface area contributed by atoms with Crippen LogP contribution in [0.15, 0.2) is 0 Å². The number of unbranched alkanes of at least 4 members (excludes halogenated alkanes) is 4. The minimum absolute atomic E-state index is 0.706. The highest BCUT2D eigenvalue weighted by Gasteiger charge is 2.27. The van der Waals surface area contributed by atoms with E-state index in [1.165, 1.54) is 96.3 Å². The molecule has 1 aliphatic carbocycles. The molecule has 0 amide bonds. The van der Waals surface area contributed by atoms with E-state index in [2.05, 4.69) is 41.5 Å². The van der Waals surface area contributed by atoms with Crippen molar-refractivity contribution in [1.29, 1.82) is 0 Å². The highest BCUT2D eigenvalue weighted by molar-refractivity contribution is 4.79. The summed E-state index contributed by atoms with van der Waals surface area (Å²) in [6.07, 6.45) is 21.6. The van der Waals surface area contributed by atoms with E-state index >= 15 is 0 Å². The van der Waals surface area contributed by atoms with Gasteiger partial charge >= 0.3 is 0 Å². The van der Waals surface area contributed by atoms with Gasteiger partial charge in [0.1, 0.15) is 0 Å². The number of hydrogen-bond donors (Lipinski definition) is 0. The zero-order valence-electron chi connectivity index (χ0n) is 18.3. The van der Waals surface area contributed by atoms with E-state index in [1.54, 1.807) is 0 Å². The van der Waals surface area contributed by atoms with Crippen LogP contribution in [0.3, 0.4) is 0 Å². The van der Waals surface area contributed by atoms with Gasteiger partial charge in [-0.2, -0.15) is 0 Å². The first-order valence-corrected chi connectivity index (χ1v) is 11.5. The Morgan fingerprint density at radius 3 is 1.04 bits per heavy atom. The van der Waals surface area contributed by atoms with Crippen LogP contribution in [0.1, 0.15) is 138 Å². The van der Waals surface area contributed by atoms with Crippen LogP contribution >= 0.6 is 0 Å². The summed E-state index contributed by atoms with van der Waals surface area (Å²) in [5, 5.41) is 0. The van der Waals surface area contributed by atoms with Crippen molar-refractivity contribution in [1.82, 2.24) is 0 Å².